The molecule has 0 unspecified atom stereocenters. The van der Waals surface area contributed by atoms with E-state index in [-0.39, 0.29) is 22.3 Å². The number of phenolic OH excluding ortho intramolecular Hbond substituents is 1. The molecular formula is C13H18ClNO4S. The van der Waals surface area contributed by atoms with Crippen LogP contribution in [0.4, 0.5) is 0 Å². The van der Waals surface area contributed by atoms with E-state index in [0.29, 0.717) is 25.3 Å². The van der Waals surface area contributed by atoms with Gasteiger partial charge < -0.3 is 9.84 Å². The van der Waals surface area contributed by atoms with Crippen molar-refractivity contribution in [2.75, 3.05) is 31.7 Å². The third-order valence-electron chi connectivity index (χ3n) is 3.36. The summed E-state index contributed by atoms with van der Waals surface area (Å²) in [6.07, 6.45) is 0.644. The fourth-order valence-corrected chi connectivity index (χ4v) is 3.82. The minimum Gasteiger partial charge on any atom is -0.503 e. The maximum atomic E-state index is 11.6. The van der Waals surface area contributed by atoms with Crippen molar-refractivity contribution < 1.29 is 18.3 Å². The lowest BCUT2D eigenvalue weighted by molar-refractivity contribution is 0.286. The first-order valence-electron chi connectivity index (χ1n) is 6.39. The molecule has 1 aromatic rings. The number of ether oxygens (including phenoxy) is 1. The van der Waals surface area contributed by atoms with Crippen molar-refractivity contribution in [3.63, 3.8) is 0 Å². The Bertz CT molecular complexity index is 588. The number of phenols is 1. The lowest BCUT2D eigenvalue weighted by atomic mass is 10.2. The van der Waals surface area contributed by atoms with Gasteiger partial charge >= 0.3 is 0 Å². The van der Waals surface area contributed by atoms with E-state index in [4.69, 9.17) is 16.3 Å². The van der Waals surface area contributed by atoms with Crippen LogP contribution >= 0.6 is 11.6 Å². The minimum absolute atomic E-state index is 0.0728. The standard InChI is InChI=1S/C13H18ClNO4S/c1-19-12-8-10(7-11(14)13(12)16)9-15-3-2-5-20(17,18)6-4-15/h7-8,16H,2-6,9H2,1H3. The average molecular weight is 320 g/mol. The Morgan fingerprint density at radius 1 is 1.35 bits per heavy atom. The molecule has 0 atom stereocenters. The second kappa shape index (κ2) is 6.20. The van der Waals surface area contributed by atoms with Gasteiger partial charge in [0, 0.05) is 13.1 Å². The molecule has 0 saturated carbocycles. The number of methoxy groups -OCH3 is 1. The molecule has 0 amide bonds. The second-order valence-corrected chi connectivity index (χ2v) is 7.62. The third-order valence-corrected chi connectivity index (χ3v) is 5.37. The van der Waals surface area contributed by atoms with Crippen molar-refractivity contribution in [3.05, 3.63) is 22.7 Å². The maximum absolute atomic E-state index is 11.6. The Morgan fingerprint density at radius 2 is 2.10 bits per heavy atom. The van der Waals surface area contributed by atoms with Gasteiger partial charge in [0.25, 0.3) is 0 Å². The van der Waals surface area contributed by atoms with Crippen LogP contribution in [0, 0.1) is 0 Å². The van der Waals surface area contributed by atoms with Crippen LogP contribution in [-0.2, 0) is 16.4 Å². The highest BCUT2D eigenvalue weighted by Crippen LogP contribution is 2.35. The molecule has 1 N–H and O–H groups in total. The predicted molar refractivity (Wildman–Crippen MR) is 78.2 cm³/mol. The number of aromatic hydroxyl groups is 1. The van der Waals surface area contributed by atoms with E-state index < -0.39 is 9.84 Å². The van der Waals surface area contributed by atoms with Crippen LogP contribution < -0.4 is 4.74 Å². The SMILES string of the molecule is COc1cc(CN2CCCS(=O)(=O)CC2)cc(Cl)c1O. The summed E-state index contributed by atoms with van der Waals surface area (Å²) in [6.45, 7) is 1.84. The first-order valence-corrected chi connectivity index (χ1v) is 8.59. The zero-order chi connectivity index (χ0) is 14.8. The van der Waals surface area contributed by atoms with Crippen LogP contribution in [0.3, 0.4) is 0 Å². The first kappa shape index (κ1) is 15.4. The molecule has 20 heavy (non-hydrogen) atoms. The second-order valence-electron chi connectivity index (χ2n) is 4.91. The van der Waals surface area contributed by atoms with Gasteiger partial charge in [-0.05, 0) is 30.7 Å². The Labute approximate surface area is 124 Å². The molecule has 2 rings (SSSR count). The normalized spacial score (nSPS) is 19.5. The van der Waals surface area contributed by atoms with Crippen LogP contribution in [0.15, 0.2) is 12.1 Å². The van der Waals surface area contributed by atoms with Crippen LogP contribution in [0.25, 0.3) is 0 Å². The molecule has 0 spiro atoms. The van der Waals surface area contributed by atoms with Gasteiger partial charge in [-0.1, -0.05) is 11.6 Å². The summed E-state index contributed by atoms with van der Waals surface area (Å²) in [5.74, 6) is 0.699. The summed E-state index contributed by atoms with van der Waals surface area (Å²) < 4.78 is 28.2. The highest BCUT2D eigenvalue weighted by molar-refractivity contribution is 7.91. The fourth-order valence-electron chi connectivity index (χ4n) is 2.28. The van der Waals surface area contributed by atoms with E-state index in [1.54, 1.807) is 12.1 Å². The van der Waals surface area contributed by atoms with Crippen LogP contribution in [0.2, 0.25) is 5.02 Å². The largest absolute Gasteiger partial charge is 0.503 e. The number of hydrogen-bond donors (Lipinski definition) is 1. The summed E-state index contributed by atoms with van der Waals surface area (Å²) in [6, 6.07) is 3.40. The zero-order valence-corrected chi connectivity index (χ0v) is 12.9. The fraction of sp³-hybridized carbons (Fsp3) is 0.538. The molecule has 112 valence electrons. The van der Waals surface area contributed by atoms with E-state index in [1.807, 2.05) is 0 Å². The molecule has 1 aliphatic heterocycles. The molecule has 1 aromatic carbocycles. The number of hydrogen-bond acceptors (Lipinski definition) is 5. The van der Waals surface area contributed by atoms with Crippen molar-refractivity contribution in [2.24, 2.45) is 0 Å². The molecule has 1 fully saturated rings. The molecule has 0 radical (unpaired) electrons. The third kappa shape index (κ3) is 3.77. The van der Waals surface area contributed by atoms with Crippen molar-refractivity contribution in [1.82, 2.24) is 4.90 Å². The molecule has 7 heteroatoms. The predicted octanol–water partition coefficient (Wildman–Crippen LogP) is 1.67. The van der Waals surface area contributed by atoms with E-state index in [2.05, 4.69) is 4.90 Å². The monoisotopic (exact) mass is 319 g/mol. The van der Waals surface area contributed by atoms with E-state index in [9.17, 15) is 13.5 Å². The van der Waals surface area contributed by atoms with Crippen LogP contribution in [0.1, 0.15) is 12.0 Å². The van der Waals surface area contributed by atoms with Gasteiger partial charge in [-0.2, -0.15) is 0 Å². The Balaban J connectivity index is 2.12. The molecular weight excluding hydrogens is 302 g/mol. The average Bonchev–Trinajstić information content (AvgIpc) is 2.55. The van der Waals surface area contributed by atoms with Crippen molar-refractivity contribution >= 4 is 21.4 Å². The summed E-state index contributed by atoms with van der Waals surface area (Å²) in [5.41, 5.74) is 0.893. The van der Waals surface area contributed by atoms with Crippen LogP contribution in [-0.4, -0.2) is 50.1 Å². The van der Waals surface area contributed by atoms with E-state index >= 15 is 0 Å². The topological polar surface area (TPSA) is 66.8 Å². The van der Waals surface area contributed by atoms with Crippen LogP contribution in [0.5, 0.6) is 11.5 Å². The van der Waals surface area contributed by atoms with Gasteiger partial charge in [-0.3, -0.25) is 4.90 Å². The highest BCUT2D eigenvalue weighted by Gasteiger charge is 2.19. The quantitative estimate of drug-likeness (QED) is 0.918. The molecule has 1 saturated heterocycles. The van der Waals surface area contributed by atoms with Gasteiger partial charge in [-0.15, -0.1) is 0 Å². The molecule has 0 aromatic heterocycles. The Morgan fingerprint density at radius 3 is 2.80 bits per heavy atom. The highest BCUT2D eigenvalue weighted by atomic mass is 35.5. The summed E-state index contributed by atoms with van der Waals surface area (Å²) in [5, 5.41) is 9.93. The van der Waals surface area contributed by atoms with Gasteiger partial charge in [0.2, 0.25) is 0 Å². The summed E-state index contributed by atoms with van der Waals surface area (Å²) in [7, 11) is -1.44. The number of sulfone groups is 1. The molecule has 1 heterocycles. The van der Waals surface area contributed by atoms with Crippen molar-refractivity contribution in [3.8, 4) is 11.5 Å². The van der Waals surface area contributed by atoms with Gasteiger partial charge in [0.05, 0.1) is 23.6 Å². The molecule has 1 aliphatic rings. The van der Waals surface area contributed by atoms with Gasteiger partial charge in [0.15, 0.2) is 21.3 Å². The zero-order valence-electron chi connectivity index (χ0n) is 11.3. The molecule has 5 nitrogen and oxygen atoms in total. The number of halogens is 1. The Kier molecular flexibility index (Phi) is 4.78. The number of rotatable bonds is 3. The molecule has 0 aliphatic carbocycles. The number of nitrogens with zero attached hydrogens (tertiary/aromatic N) is 1. The van der Waals surface area contributed by atoms with Crippen molar-refractivity contribution in [2.45, 2.75) is 13.0 Å². The summed E-state index contributed by atoms with van der Waals surface area (Å²) >= 11 is 5.95. The maximum Gasteiger partial charge on any atom is 0.176 e. The van der Waals surface area contributed by atoms with Crippen molar-refractivity contribution in [1.29, 1.82) is 0 Å². The summed E-state index contributed by atoms with van der Waals surface area (Å²) in [4.78, 5) is 2.08. The van der Waals surface area contributed by atoms with E-state index in [0.717, 1.165) is 12.1 Å². The molecule has 0 bridgehead atoms. The lowest BCUT2D eigenvalue weighted by Gasteiger charge is -2.20. The minimum atomic E-state index is -2.90. The van der Waals surface area contributed by atoms with E-state index in [1.165, 1.54) is 7.11 Å². The smallest absolute Gasteiger partial charge is 0.176 e. The Hall–Kier alpha value is -0.980. The van der Waals surface area contributed by atoms with Gasteiger partial charge in [-0.25, -0.2) is 8.42 Å². The van der Waals surface area contributed by atoms with Gasteiger partial charge in [0.1, 0.15) is 0 Å². The number of benzene rings is 1. The first-order chi connectivity index (χ1) is 9.41. The lowest BCUT2D eigenvalue weighted by Crippen LogP contribution is -2.26.